The Morgan fingerprint density at radius 2 is 2.46 bits per heavy atom. The maximum Gasteiger partial charge on any atom is 0.0960 e. The zero-order chi connectivity index (χ0) is 9.10. The summed E-state index contributed by atoms with van der Waals surface area (Å²) in [7, 11) is 0. The van der Waals surface area contributed by atoms with Gasteiger partial charge in [-0.25, -0.2) is 0 Å². The van der Waals surface area contributed by atoms with Gasteiger partial charge in [-0.1, -0.05) is 12.2 Å². The molecule has 0 bridgehead atoms. The van der Waals surface area contributed by atoms with E-state index in [1.54, 1.807) is 12.5 Å². The van der Waals surface area contributed by atoms with Crippen LogP contribution in [0, 0.1) is 5.92 Å². The molecule has 0 fully saturated rings. The van der Waals surface area contributed by atoms with Crippen molar-refractivity contribution < 1.29 is 9.52 Å². The lowest BCUT2D eigenvalue weighted by atomic mass is 9.88. The topological polar surface area (TPSA) is 33.4 Å². The molecule has 0 amide bonds. The fourth-order valence-electron chi connectivity index (χ4n) is 1.79. The van der Waals surface area contributed by atoms with Gasteiger partial charge in [0.1, 0.15) is 0 Å². The molecule has 1 N–H and O–H groups in total. The van der Waals surface area contributed by atoms with Gasteiger partial charge in [0.05, 0.1) is 18.6 Å². The first-order valence-electron chi connectivity index (χ1n) is 4.75. The van der Waals surface area contributed by atoms with Gasteiger partial charge < -0.3 is 9.52 Å². The molecule has 0 radical (unpaired) electrons. The summed E-state index contributed by atoms with van der Waals surface area (Å²) in [5.74, 6) is 0.270. The molecule has 0 aromatic carbocycles. The molecule has 1 heterocycles. The van der Waals surface area contributed by atoms with Crippen LogP contribution in [-0.4, -0.2) is 5.11 Å². The third kappa shape index (κ3) is 1.83. The van der Waals surface area contributed by atoms with Crippen molar-refractivity contribution in [2.75, 3.05) is 0 Å². The lowest BCUT2D eigenvalue weighted by molar-refractivity contribution is 0.123. The molecule has 1 aromatic rings. The highest BCUT2D eigenvalue weighted by atomic mass is 16.3. The summed E-state index contributed by atoms with van der Waals surface area (Å²) in [5, 5.41) is 9.92. The highest BCUT2D eigenvalue weighted by molar-refractivity contribution is 5.13. The molecule has 0 unspecified atom stereocenters. The van der Waals surface area contributed by atoms with Crippen molar-refractivity contribution in [3.05, 3.63) is 36.3 Å². The average molecular weight is 178 g/mol. The van der Waals surface area contributed by atoms with Crippen LogP contribution in [0.15, 0.2) is 35.2 Å². The SMILES string of the molecule is O[C@@H](c1ccoc1)[C@@H]1C=CCCC1. The Bertz CT molecular complexity index is 274. The summed E-state index contributed by atoms with van der Waals surface area (Å²) in [6.45, 7) is 0. The van der Waals surface area contributed by atoms with Gasteiger partial charge in [-0.2, -0.15) is 0 Å². The summed E-state index contributed by atoms with van der Waals surface area (Å²) < 4.78 is 4.94. The molecule has 0 aliphatic heterocycles. The third-order valence-corrected chi connectivity index (χ3v) is 2.58. The lowest BCUT2D eigenvalue weighted by Gasteiger charge is -2.21. The molecular weight excluding hydrogens is 164 g/mol. The van der Waals surface area contributed by atoms with Gasteiger partial charge in [0, 0.05) is 11.5 Å². The molecule has 1 aromatic heterocycles. The van der Waals surface area contributed by atoms with Crippen molar-refractivity contribution in [3.8, 4) is 0 Å². The number of rotatable bonds is 2. The van der Waals surface area contributed by atoms with Gasteiger partial charge in [-0.15, -0.1) is 0 Å². The van der Waals surface area contributed by atoms with Crippen molar-refractivity contribution in [2.45, 2.75) is 25.4 Å². The summed E-state index contributed by atoms with van der Waals surface area (Å²) in [5.41, 5.74) is 0.886. The van der Waals surface area contributed by atoms with Gasteiger partial charge in [0.2, 0.25) is 0 Å². The van der Waals surface area contributed by atoms with E-state index < -0.39 is 6.10 Å². The molecular formula is C11H14O2. The maximum atomic E-state index is 9.92. The first-order chi connectivity index (χ1) is 6.38. The van der Waals surface area contributed by atoms with Crippen LogP contribution in [0.5, 0.6) is 0 Å². The predicted octanol–water partition coefficient (Wildman–Crippen LogP) is 2.67. The number of hydrogen-bond acceptors (Lipinski definition) is 2. The van der Waals surface area contributed by atoms with Gasteiger partial charge in [-0.3, -0.25) is 0 Å². The molecule has 2 nitrogen and oxygen atoms in total. The lowest BCUT2D eigenvalue weighted by Crippen LogP contribution is -2.11. The summed E-state index contributed by atoms with van der Waals surface area (Å²) in [6.07, 6.45) is 10.5. The molecule has 13 heavy (non-hydrogen) atoms. The van der Waals surface area contributed by atoms with Crippen LogP contribution < -0.4 is 0 Å². The fourth-order valence-corrected chi connectivity index (χ4v) is 1.79. The van der Waals surface area contributed by atoms with Crippen LogP contribution in [0.4, 0.5) is 0 Å². The van der Waals surface area contributed by atoms with Crippen LogP contribution in [0.25, 0.3) is 0 Å². The van der Waals surface area contributed by atoms with E-state index in [1.165, 1.54) is 6.42 Å². The Balaban J connectivity index is 2.08. The van der Waals surface area contributed by atoms with E-state index in [0.29, 0.717) is 0 Å². The summed E-state index contributed by atoms with van der Waals surface area (Å²) >= 11 is 0. The van der Waals surface area contributed by atoms with Crippen LogP contribution >= 0.6 is 0 Å². The number of hydrogen-bond donors (Lipinski definition) is 1. The van der Waals surface area contributed by atoms with Gasteiger partial charge in [0.15, 0.2) is 0 Å². The Labute approximate surface area is 77.9 Å². The van der Waals surface area contributed by atoms with Crippen molar-refractivity contribution in [2.24, 2.45) is 5.92 Å². The number of aliphatic hydroxyl groups is 1. The predicted molar refractivity (Wildman–Crippen MR) is 50.1 cm³/mol. The minimum atomic E-state index is -0.393. The molecule has 2 rings (SSSR count). The molecule has 2 atom stereocenters. The van der Waals surface area contributed by atoms with Crippen molar-refractivity contribution in [3.63, 3.8) is 0 Å². The minimum absolute atomic E-state index is 0.270. The first kappa shape index (κ1) is 8.57. The second-order valence-electron chi connectivity index (χ2n) is 3.52. The third-order valence-electron chi connectivity index (χ3n) is 2.58. The minimum Gasteiger partial charge on any atom is -0.472 e. The molecule has 0 saturated heterocycles. The Morgan fingerprint density at radius 1 is 1.54 bits per heavy atom. The normalized spacial score (nSPS) is 24.5. The highest BCUT2D eigenvalue weighted by Crippen LogP contribution is 2.30. The van der Waals surface area contributed by atoms with E-state index >= 15 is 0 Å². The van der Waals surface area contributed by atoms with Crippen LogP contribution in [0.3, 0.4) is 0 Å². The van der Waals surface area contributed by atoms with E-state index in [4.69, 9.17) is 4.42 Å². The zero-order valence-electron chi connectivity index (χ0n) is 7.52. The smallest absolute Gasteiger partial charge is 0.0960 e. The van der Waals surface area contributed by atoms with E-state index in [9.17, 15) is 5.11 Å². The van der Waals surface area contributed by atoms with Gasteiger partial charge in [0.25, 0.3) is 0 Å². The van der Waals surface area contributed by atoms with E-state index in [0.717, 1.165) is 18.4 Å². The highest BCUT2D eigenvalue weighted by Gasteiger charge is 2.20. The summed E-state index contributed by atoms with van der Waals surface area (Å²) in [4.78, 5) is 0. The van der Waals surface area contributed by atoms with Crippen LogP contribution in [0.2, 0.25) is 0 Å². The molecule has 2 heteroatoms. The second-order valence-corrected chi connectivity index (χ2v) is 3.52. The largest absolute Gasteiger partial charge is 0.472 e. The Kier molecular flexibility index (Phi) is 2.50. The second kappa shape index (κ2) is 3.79. The molecule has 1 aliphatic rings. The van der Waals surface area contributed by atoms with E-state index in [-0.39, 0.29) is 5.92 Å². The molecule has 0 saturated carbocycles. The van der Waals surface area contributed by atoms with Crippen LogP contribution in [-0.2, 0) is 0 Å². The number of furan rings is 1. The average Bonchev–Trinajstić information content (AvgIpc) is 2.71. The number of allylic oxidation sites excluding steroid dienone is 1. The van der Waals surface area contributed by atoms with Gasteiger partial charge >= 0.3 is 0 Å². The standard InChI is InChI=1S/C11H14O2/c12-11(10-6-7-13-8-10)9-4-2-1-3-5-9/h2,4,6-9,11-12H,1,3,5H2/t9-,11-/m1/s1. The maximum absolute atomic E-state index is 9.92. The van der Waals surface area contributed by atoms with Crippen molar-refractivity contribution in [1.82, 2.24) is 0 Å². The first-order valence-corrected chi connectivity index (χ1v) is 4.75. The molecule has 70 valence electrons. The van der Waals surface area contributed by atoms with Crippen molar-refractivity contribution in [1.29, 1.82) is 0 Å². The Hall–Kier alpha value is -1.02. The monoisotopic (exact) mass is 178 g/mol. The van der Waals surface area contributed by atoms with Crippen LogP contribution in [0.1, 0.15) is 30.9 Å². The Morgan fingerprint density at radius 3 is 3.08 bits per heavy atom. The zero-order valence-corrected chi connectivity index (χ0v) is 7.52. The molecule has 1 aliphatic carbocycles. The quantitative estimate of drug-likeness (QED) is 0.706. The van der Waals surface area contributed by atoms with E-state index in [2.05, 4.69) is 12.2 Å². The summed E-state index contributed by atoms with van der Waals surface area (Å²) in [6, 6.07) is 1.83. The van der Waals surface area contributed by atoms with Gasteiger partial charge in [-0.05, 0) is 25.3 Å². The van der Waals surface area contributed by atoms with E-state index in [1.807, 2.05) is 6.07 Å². The molecule has 0 spiro atoms. The number of aliphatic hydroxyl groups excluding tert-OH is 1. The fraction of sp³-hybridized carbons (Fsp3) is 0.455. The van der Waals surface area contributed by atoms with Crippen molar-refractivity contribution >= 4 is 0 Å².